The first-order chi connectivity index (χ1) is 17.1. The van der Waals surface area contributed by atoms with Crippen LogP contribution in [-0.4, -0.2) is 39.3 Å². The van der Waals surface area contributed by atoms with Gasteiger partial charge in [0.05, 0.1) is 0 Å². The Morgan fingerprint density at radius 3 is 2.66 bits per heavy atom. The minimum atomic E-state index is -1.02. The largest absolute Gasteiger partial charge is 0.477 e. The number of aromatic carboxylic acids is 1. The third-order valence-electron chi connectivity index (χ3n) is 6.91. The first kappa shape index (κ1) is 22.0. The topological polar surface area (TPSA) is 92.4 Å². The Morgan fingerprint density at radius 1 is 1.11 bits per heavy atom. The van der Waals surface area contributed by atoms with Crippen molar-refractivity contribution in [3.05, 3.63) is 65.1 Å². The summed E-state index contributed by atoms with van der Waals surface area (Å²) in [5, 5.41) is 14.6. The lowest BCUT2D eigenvalue weighted by atomic mass is 9.94. The summed E-state index contributed by atoms with van der Waals surface area (Å²) in [6.07, 6.45) is 8.98. The summed E-state index contributed by atoms with van der Waals surface area (Å²) >= 11 is 1.46. The van der Waals surface area contributed by atoms with E-state index in [0.29, 0.717) is 16.7 Å². The van der Waals surface area contributed by atoms with Crippen LogP contribution in [0.4, 0.5) is 5.13 Å². The second-order valence-electron chi connectivity index (χ2n) is 9.40. The molecule has 0 amide bonds. The van der Waals surface area contributed by atoms with Crippen LogP contribution in [0.5, 0.6) is 0 Å². The Bertz CT molecular complexity index is 1430. The third kappa shape index (κ3) is 4.34. The first-order valence-electron chi connectivity index (χ1n) is 12.1. The maximum absolute atomic E-state index is 11.2. The molecule has 1 aliphatic heterocycles. The molecule has 1 aliphatic carbocycles. The van der Waals surface area contributed by atoms with E-state index in [4.69, 9.17) is 9.51 Å². The highest BCUT2D eigenvalue weighted by Crippen LogP contribution is 2.45. The molecule has 2 aliphatic rings. The van der Waals surface area contributed by atoms with Gasteiger partial charge in [0.15, 0.2) is 5.13 Å². The van der Waals surface area contributed by atoms with Gasteiger partial charge in [0.25, 0.3) is 0 Å². The standard InChI is InChI=1S/C27H26N4O3S/c1-16-4-2-3-5-19(16)23-20(24(34-30-23)18-7-8-18)9-6-17-12-14-31(15-13-17)27-29-21-10-11-22(26(32)33)28-25(21)35-27/h2-6,9-11,17-18H,7-8,12-15H2,1H3,(H,32,33)/b9-6+. The van der Waals surface area contributed by atoms with E-state index in [0.717, 1.165) is 59.2 Å². The van der Waals surface area contributed by atoms with Gasteiger partial charge in [-0.1, -0.05) is 52.9 Å². The maximum atomic E-state index is 11.2. The molecule has 1 N–H and O–H groups in total. The Kier molecular flexibility index (Phi) is 5.60. The molecule has 35 heavy (non-hydrogen) atoms. The number of hydrogen-bond acceptors (Lipinski definition) is 7. The van der Waals surface area contributed by atoms with Crippen LogP contribution in [0.1, 0.15) is 59.0 Å². The number of aromatic nitrogens is 3. The maximum Gasteiger partial charge on any atom is 0.354 e. The van der Waals surface area contributed by atoms with Gasteiger partial charge in [0.2, 0.25) is 0 Å². The number of allylic oxidation sites excluding steroid dienone is 1. The molecule has 4 aromatic rings. The van der Waals surface area contributed by atoms with Gasteiger partial charge in [-0.3, -0.25) is 0 Å². The summed E-state index contributed by atoms with van der Waals surface area (Å²) in [6, 6.07) is 11.6. The molecule has 0 unspecified atom stereocenters. The molecule has 2 fully saturated rings. The van der Waals surface area contributed by atoms with Gasteiger partial charge in [0, 0.05) is 30.1 Å². The molecule has 1 aromatic carbocycles. The van der Waals surface area contributed by atoms with E-state index in [-0.39, 0.29) is 5.69 Å². The van der Waals surface area contributed by atoms with Gasteiger partial charge in [-0.25, -0.2) is 14.8 Å². The summed E-state index contributed by atoms with van der Waals surface area (Å²) in [7, 11) is 0. The Balaban J connectivity index is 1.18. The fourth-order valence-electron chi connectivity index (χ4n) is 4.72. The van der Waals surface area contributed by atoms with Gasteiger partial charge >= 0.3 is 5.97 Å². The van der Waals surface area contributed by atoms with Crippen molar-refractivity contribution < 1.29 is 14.4 Å². The fourth-order valence-corrected chi connectivity index (χ4v) is 5.71. The number of carboxylic acids is 1. The van der Waals surface area contributed by atoms with E-state index in [1.54, 1.807) is 6.07 Å². The average Bonchev–Trinajstić information content (AvgIpc) is 3.48. The van der Waals surface area contributed by atoms with Gasteiger partial charge < -0.3 is 14.5 Å². The number of fused-ring (bicyclic) bond motifs is 1. The van der Waals surface area contributed by atoms with E-state index in [2.05, 4.69) is 58.4 Å². The number of carbonyl (C=O) groups is 1. The van der Waals surface area contributed by atoms with Gasteiger partial charge in [-0.15, -0.1) is 0 Å². The molecule has 1 saturated heterocycles. The van der Waals surface area contributed by atoms with Crippen LogP contribution in [0.2, 0.25) is 0 Å². The number of anilines is 1. The van der Waals surface area contributed by atoms with Gasteiger partial charge in [-0.05, 0) is 56.2 Å². The lowest BCUT2D eigenvalue weighted by Gasteiger charge is -2.30. The quantitative estimate of drug-likeness (QED) is 0.349. The summed E-state index contributed by atoms with van der Waals surface area (Å²) in [4.78, 5) is 23.1. The zero-order chi connectivity index (χ0) is 23.9. The van der Waals surface area contributed by atoms with Crippen molar-refractivity contribution in [2.75, 3.05) is 18.0 Å². The summed E-state index contributed by atoms with van der Waals surface area (Å²) in [6.45, 7) is 3.93. The number of piperidine rings is 1. The fraction of sp³-hybridized carbons (Fsp3) is 0.333. The number of thiazole rings is 1. The highest BCUT2D eigenvalue weighted by Gasteiger charge is 2.32. The number of pyridine rings is 1. The van der Waals surface area contributed by atoms with Crippen LogP contribution in [-0.2, 0) is 0 Å². The zero-order valence-corrected chi connectivity index (χ0v) is 20.3. The molecule has 6 rings (SSSR count). The second kappa shape index (κ2) is 8.92. The van der Waals surface area contributed by atoms with Crippen molar-refractivity contribution >= 4 is 38.9 Å². The molecular weight excluding hydrogens is 460 g/mol. The van der Waals surface area contributed by atoms with Crippen LogP contribution in [0.25, 0.3) is 27.7 Å². The van der Waals surface area contributed by atoms with Crippen molar-refractivity contribution in [3.63, 3.8) is 0 Å². The summed E-state index contributed by atoms with van der Waals surface area (Å²) < 4.78 is 5.84. The van der Waals surface area contributed by atoms with E-state index < -0.39 is 5.97 Å². The third-order valence-corrected chi connectivity index (χ3v) is 7.94. The van der Waals surface area contributed by atoms with Crippen molar-refractivity contribution in [2.24, 2.45) is 5.92 Å². The Morgan fingerprint density at radius 2 is 1.91 bits per heavy atom. The zero-order valence-electron chi connectivity index (χ0n) is 19.5. The van der Waals surface area contributed by atoms with Gasteiger partial charge in [0.1, 0.15) is 27.5 Å². The Labute approximate surface area is 207 Å². The molecule has 8 heteroatoms. The number of nitrogens with zero attached hydrogens (tertiary/aromatic N) is 4. The van der Waals surface area contributed by atoms with Crippen LogP contribution < -0.4 is 4.90 Å². The number of aryl methyl sites for hydroxylation is 1. The summed E-state index contributed by atoms with van der Waals surface area (Å²) in [5.41, 5.74) is 5.22. The molecule has 0 atom stereocenters. The van der Waals surface area contributed by atoms with Crippen molar-refractivity contribution in [1.82, 2.24) is 15.1 Å². The minimum Gasteiger partial charge on any atom is -0.477 e. The summed E-state index contributed by atoms with van der Waals surface area (Å²) in [5.74, 6) is 0.984. The van der Waals surface area contributed by atoms with Crippen molar-refractivity contribution in [1.29, 1.82) is 0 Å². The Hall–Kier alpha value is -3.52. The predicted octanol–water partition coefficient (Wildman–Crippen LogP) is 6.16. The van der Waals surface area contributed by atoms with Crippen LogP contribution >= 0.6 is 11.3 Å². The van der Waals surface area contributed by atoms with E-state index in [1.165, 1.54) is 35.8 Å². The molecule has 178 valence electrons. The molecular formula is C27H26N4O3S. The van der Waals surface area contributed by atoms with Crippen molar-refractivity contribution in [2.45, 2.75) is 38.5 Å². The molecule has 7 nitrogen and oxygen atoms in total. The minimum absolute atomic E-state index is 0.0564. The molecule has 0 spiro atoms. The van der Waals surface area contributed by atoms with Gasteiger partial charge in [-0.2, -0.15) is 0 Å². The smallest absolute Gasteiger partial charge is 0.354 e. The number of rotatable bonds is 6. The van der Waals surface area contributed by atoms with E-state index in [1.807, 2.05) is 0 Å². The number of hydrogen-bond donors (Lipinski definition) is 1. The van der Waals surface area contributed by atoms with E-state index >= 15 is 0 Å². The molecule has 1 saturated carbocycles. The van der Waals surface area contributed by atoms with Crippen LogP contribution in [0, 0.1) is 12.8 Å². The molecule has 3 aromatic heterocycles. The normalized spacial score (nSPS) is 17.0. The number of benzene rings is 1. The lowest BCUT2D eigenvalue weighted by Crippen LogP contribution is -2.32. The highest BCUT2D eigenvalue weighted by molar-refractivity contribution is 7.21. The van der Waals surface area contributed by atoms with Crippen LogP contribution in [0.3, 0.4) is 0 Å². The molecule has 0 radical (unpaired) electrons. The highest BCUT2D eigenvalue weighted by atomic mass is 32.1. The monoisotopic (exact) mass is 486 g/mol. The number of carboxylic acid groups (broad SMARTS) is 1. The second-order valence-corrected chi connectivity index (χ2v) is 10.4. The van der Waals surface area contributed by atoms with Crippen molar-refractivity contribution in [3.8, 4) is 11.3 Å². The molecule has 4 heterocycles. The SMILES string of the molecule is Cc1ccccc1-c1noc(C2CC2)c1/C=C/C1CCN(c2nc3ccc(C(=O)O)nc3s2)CC1. The molecule has 0 bridgehead atoms. The first-order valence-corrected chi connectivity index (χ1v) is 12.9. The van der Waals surface area contributed by atoms with Crippen LogP contribution in [0.15, 0.2) is 47.0 Å². The lowest BCUT2D eigenvalue weighted by molar-refractivity contribution is 0.0691. The van der Waals surface area contributed by atoms with E-state index in [9.17, 15) is 9.90 Å². The average molecular weight is 487 g/mol. The predicted molar refractivity (Wildman–Crippen MR) is 137 cm³/mol.